The largest absolute Gasteiger partial charge is 0.324 e. The molecule has 1 aromatic rings. The molecule has 0 saturated carbocycles. The lowest BCUT2D eigenvalue weighted by molar-refractivity contribution is 0.187. The lowest BCUT2D eigenvalue weighted by Gasteiger charge is -2.33. The van der Waals surface area contributed by atoms with E-state index in [0.717, 1.165) is 0 Å². The molecule has 1 unspecified atom stereocenters. The van der Waals surface area contributed by atoms with E-state index in [-0.39, 0.29) is 17.9 Å². The highest BCUT2D eigenvalue weighted by Gasteiger charge is 2.48. The summed E-state index contributed by atoms with van der Waals surface area (Å²) in [4.78, 5) is 13.2. The van der Waals surface area contributed by atoms with Crippen molar-refractivity contribution in [3.8, 4) is 0 Å². The summed E-state index contributed by atoms with van der Waals surface area (Å²) < 4.78 is 14.8. The highest BCUT2D eigenvalue weighted by molar-refractivity contribution is 9.10. The van der Waals surface area contributed by atoms with Crippen molar-refractivity contribution in [2.24, 2.45) is 0 Å². The number of amides is 2. The van der Waals surface area contributed by atoms with E-state index in [2.05, 4.69) is 27.8 Å². The molecule has 1 saturated heterocycles. The quantitative estimate of drug-likeness (QED) is 0.825. The Morgan fingerprint density at radius 1 is 1.63 bits per heavy atom. The average Bonchev–Trinajstić information content (AvgIpc) is 2.57. The van der Waals surface area contributed by atoms with Gasteiger partial charge in [0, 0.05) is 16.6 Å². The van der Waals surface area contributed by atoms with Crippen LogP contribution in [0.4, 0.5) is 9.18 Å². The maximum atomic E-state index is 14.1. The summed E-state index contributed by atoms with van der Waals surface area (Å²) in [6, 6.07) is 4.05. The minimum Gasteiger partial charge on any atom is -0.304 e. The maximum absolute atomic E-state index is 14.1. The van der Waals surface area contributed by atoms with Crippen molar-refractivity contribution in [1.82, 2.24) is 10.2 Å². The topological polar surface area (TPSA) is 56.2 Å². The molecule has 1 atom stereocenters. The standard InChI is InChI=1S/C13H13BrFN3O/c1-3-6-18-12(19)17-11(16)13(18,2)9-7-8(14)4-5-10(9)15/h3-5,7H,1,6H2,2H3,(H2,16,17,19). The molecule has 0 spiro atoms. The normalized spacial score (nSPS) is 22.6. The van der Waals surface area contributed by atoms with E-state index >= 15 is 0 Å². The summed E-state index contributed by atoms with van der Waals surface area (Å²) in [6.45, 7) is 5.46. The van der Waals surface area contributed by atoms with Crippen LogP contribution in [-0.4, -0.2) is 23.3 Å². The molecule has 0 aromatic heterocycles. The zero-order valence-corrected chi connectivity index (χ0v) is 11.9. The third-order valence-corrected chi connectivity index (χ3v) is 3.76. The summed E-state index contributed by atoms with van der Waals surface area (Å²) in [7, 11) is 0. The van der Waals surface area contributed by atoms with Crippen LogP contribution in [-0.2, 0) is 5.54 Å². The van der Waals surface area contributed by atoms with Crippen LogP contribution in [0, 0.1) is 11.2 Å². The summed E-state index contributed by atoms with van der Waals surface area (Å²) in [5.74, 6) is -0.502. The van der Waals surface area contributed by atoms with Crippen LogP contribution in [0.25, 0.3) is 0 Å². The molecule has 2 rings (SSSR count). The lowest BCUT2D eigenvalue weighted by Crippen LogP contribution is -2.44. The molecule has 6 heteroatoms. The van der Waals surface area contributed by atoms with E-state index in [4.69, 9.17) is 5.41 Å². The number of hydrogen-bond acceptors (Lipinski definition) is 2. The summed E-state index contributed by atoms with van der Waals surface area (Å²) in [6.07, 6.45) is 1.55. The van der Waals surface area contributed by atoms with Gasteiger partial charge in [-0.25, -0.2) is 9.18 Å². The molecule has 1 aliphatic heterocycles. The number of carbonyl (C=O) groups excluding carboxylic acids is 1. The van der Waals surface area contributed by atoms with Gasteiger partial charge in [-0.3, -0.25) is 10.7 Å². The van der Waals surface area contributed by atoms with Crippen molar-refractivity contribution in [1.29, 1.82) is 5.41 Å². The summed E-state index contributed by atoms with van der Waals surface area (Å²) in [5, 5.41) is 10.4. The number of amidine groups is 1. The fourth-order valence-corrected chi connectivity index (χ4v) is 2.54. The Hall–Kier alpha value is -1.69. The fraction of sp³-hybridized carbons (Fsp3) is 0.231. The second-order valence-electron chi connectivity index (χ2n) is 4.40. The van der Waals surface area contributed by atoms with Crippen LogP contribution < -0.4 is 5.32 Å². The first-order valence-electron chi connectivity index (χ1n) is 5.65. The Balaban J connectivity index is 2.61. The number of nitrogens with one attached hydrogen (secondary N) is 2. The van der Waals surface area contributed by atoms with Gasteiger partial charge in [-0.05, 0) is 25.1 Å². The minimum atomic E-state index is -1.15. The first-order chi connectivity index (χ1) is 8.91. The van der Waals surface area contributed by atoms with Gasteiger partial charge in [-0.2, -0.15) is 0 Å². The smallest absolute Gasteiger partial charge is 0.304 e. The Kier molecular flexibility index (Phi) is 3.45. The number of benzene rings is 1. The Morgan fingerprint density at radius 2 is 2.32 bits per heavy atom. The van der Waals surface area contributed by atoms with Gasteiger partial charge in [-0.15, -0.1) is 6.58 Å². The first-order valence-corrected chi connectivity index (χ1v) is 6.44. The number of rotatable bonds is 3. The number of halogens is 2. The van der Waals surface area contributed by atoms with Crippen LogP contribution in [0.15, 0.2) is 35.3 Å². The van der Waals surface area contributed by atoms with Crippen molar-refractivity contribution in [2.45, 2.75) is 12.5 Å². The van der Waals surface area contributed by atoms with Crippen molar-refractivity contribution < 1.29 is 9.18 Å². The van der Waals surface area contributed by atoms with E-state index in [1.165, 1.54) is 11.0 Å². The van der Waals surface area contributed by atoms with Gasteiger partial charge in [0.15, 0.2) is 0 Å². The van der Waals surface area contributed by atoms with Crippen LogP contribution in [0.3, 0.4) is 0 Å². The molecule has 19 heavy (non-hydrogen) atoms. The van der Waals surface area contributed by atoms with E-state index < -0.39 is 17.4 Å². The van der Waals surface area contributed by atoms with E-state index in [1.807, 2.05) is 0 Å². The average molecular weight is 326 g/mol. The second-order valence-corrected chi connectivity index (χ2v) is 5.32. The first kappa shape index (κ1) is 13.7. The molecule has 1 heterocycles. The van der Waals surface area contributed by atoms with Gasteiger partial charge < -0.3 is 4.90 Å². The van der Waals surface area contributed by atoms with Gasteiger partial charge in [0.1, 0.15) is 17.2 Å². The number of hydrogen-bond donors (Lipinski definition) is 2. The molecule has 1 aromatic carbocycles. The van der Waals surface area contributed by atoms with Crippen molar-refractivity contribution in [2.75, 3.05) is 6.54 Å². The lowest BCUT2D eigenvalue weighted by atomic mass is 9.89. The molecular formula is C13H13BrFN3O. The molecule has 0 radical (unpaired) electrons. The SMILES string of the molecule is C=CCN1C(=O)NC(=N)C1(C)c1cc(Br)ccc1F. The Labute approximate surface area is 118 Å². The number of carbonyl (C=O) groups is 1. The molecule has 1 fully saturated rings. The zero-order chi connectivity index (χ0) is 14.2. The molecule has 0 bridgehead atoms. The zero-order valence-electron chi connectivity index (χ0n) is 10.3. The predicted molar refractivity (Wildman–Crippen MR) is 74.6 cm³/mol. The van der Waals surface area contributed by atoms with Crippen LogP contribution in [0.1, 0.15) is 12.5 Å². The molecule has 1 aliphatic rings. The molecule has 2 N–H and O–H groups in total. The Morgan fingerprint density at radius 3 is 2.95 bits per heavy atom. The highest BCUT2D eigenvalue weighted by Crippen LogP contribution is 2.35. The van der Waals surface area contributed by atoms with Crippen molar-refractivity contribution >= 4 is 27.8 Å². The van der Waals surface area contributed by atoms with Gasteiger partial charge in [-0.1, -0.05) is 22.0 Å². The summed E-state index contributed by atoms with van der Waals surface area (Å²) >= 11 is 3.28. The van der Waals surface area contributed by atoms with E-state index in [9.17, 15) is 9.18 Å². The monoisotopic (exact) mass is 325 g/mol. The van der Waals surface area contributed by atoms with Crippen molar-refractivity contribution in [3.63, 3.8) is 0 Å². The van der Waals surface area contributed by atoms with Gasteiger partial charge in [0.25, 0.3) is 0 Å². The van der Waals surface area contributed by atoms with Gasteiger partial charge >= 0.3 is 6.03 Å². The third kappa shape index (κ3) is 2.06. The second kappa shape index (κ2) is 4.77. The molecular weight excluding hydrogens is 313 g/mol. The molecule has 4 nitrogen and oxygen atoms in total. The van der Waals surface area contributed by atoms with Crippen molar-refractivity contribution in [3.05, 3.63) is 46.7 Å². The molecule has 2 amide bonds. The maximum Gasteiger partial charge on any atom is 0.324 e. The van der Waals surface area contributed by atoms with E-state index in [1.54, 1.807) is 25.1 Å². The van der Waals surface area contributed by atoms with E-state index in [0.29, 0.717) is 4.47 Å². The van der Waals surface area contributed by atoms with Crippen LogP contribution in [0.5, 0.6) is 0 Å². The van der Waals surface area contributed by atoms with Gasteiger partial charge in [0.05, 0.1) is 0 Å². The third-order valence-electron chi connectivity index (χ3n) is 3.27. The fourth-order valence-electron chi connectivity index (χ4n) is 2.18. The predicted octanol–water partition coefficient (Wildman–Crippen LogP) is 2.99. The highest BCUT2D eigenvalue weighted by atomic mass is 79.9. The molecule has 100 valence electrons. The number of urea groups is 1. The summed E-state index contributed by atoms with van der Waals surface area (Å²) in [5.41, 5.74) is -0.883. The van der Waals surface area contributed by atoms with Crippen LogP contribution in [0.2, 0.25) is 0 Å². The number of nitrogens with zero attached hydrogens (tertiary/aromatic N) is 1. The van der Waals surface area contributed by atoms with Gasteiger partial charge in [0.2, 0.25) is 0 Å². The van der Waals surface area contributed by atoms with Crippen LogP contribution >= 0.6 is 15.9 Å². The molecule has 0 aliphatic carbocycles. The minimum absolute atomic E-state index is 0.0450. The Bertz CT molecular complexity index is 575.